The van der Waals surface area contributed by atoms with Gasteiger partial charge >= 0.3 is 6.09 Å². The smallest absolute Gasteiger partial charge is 0.419 e. The maximum Gasteiger partial charge on any atom is 0.419 e. The number of unbranched alkanes of at least 4 members (excludes halogenated alkanes) is 1. The maximum atomic E-state index is 12.4. The summed E-state index contributed by atoms with van der Waals surface area (Å²) in [7, 11) is 0. The molecule has 3 aromatic heterocycles. The fraction of sp³-hybridized carbons (Fsp3) is 0.379. The second-order valence-electron chi connectivity index (χ2n) is 10.8. The summed E-state index contributed by atoms with van der Waals surface area (Å²) in [5.41, 5.74) is 2.71. The third kappa shape index (κ3) is 9.84. The molecule has 4 rings (SSSR count). The highest BCUT2D eigenvalue weighted by Crippen LogP contribution is 2.18. The zero-order valence-corrected chi connectivity index (χ0v) is 24.9. The Morgan fingerprint density at radius 3 is 2.43 bits per heavy atom. The molecule has 1 aromatic carbocycles. The van der Waals surface area contributed by atoms with Crippen LogP contribution >= 0.6 is 11.3 Å². The highest BCUT2D eigenvalue weighted by atomic mass is 32.1. The molecule has 4 aromatic rings. The second kappa shape index (κ2) is 13.9. The van der Waals surface area contributed by atoms with Crippen molar-refractivity contribution >= 4 is 40.2 Å². The first-order chi connectivity index (χ1) is 20.0. The zero-order valence-electron chi connectivity index (χ0n) is 24.1. The van der Waals surface area contributed by atoms with E-state index >= 15 is 0 Å². The van der Waals surface area contributed by atoms with Gasteiger partial charge in [0.15, 0.2) is 5.82 Å². The lowest BCUT2D eigenvalue weighted by Crippen LogP contribution is -2.26. The lowest BCUT2D eigenvalue weighted by molar-refractivity contribution is -0.116. The predicted molar refractivity (Wildman–Crippen MR) is 158 cm³/mol. The molecule has 0 radical (unpaired) electrons. The predicted octanol–water partition coefficient (Wildman–Crippen LogP) is 4.54. The van der Waals surface area contributed by atoms with E-state index in [0.717, 1.165) is 41.1 Å². The molecule has 0 aliphatic carbocycles. The van der Waals surface area contributed by atoms with Crippen LogP contribution in [0.2, 0.25) is 0 Å². The molecule has 2 amide bonds. The summed E-state index contributed by atoms with van der Waals surface area (Å²) in [6, 6.07) is 11.5. The molecule has 0 saturated carbocycles. The van der Waals surface area contributed by atoms with Gasteiger partial charge in [-0.25, -0.2) is 14.3 Å². The summed E-state index contributed by atoms with van der Waals surface area (Å²) < 4.78 is 6.50. The molecule has 0 spiro atoms. The molecule has 0 aliphatic heterocycles. The highest BCUT2D eigenvalue weighted by Gasteiger charge is 2.19. The van der Waals surface area contributed by atoms with Gasteiger partial charge in [0.1, 0.15) is 16.9 Å². The fourth-order valence-electron chi connectivity index (χ4n) is 3.94. The van der Waals surface area contributed by atoms with Crippen molar-refractivity contribution in [3.8, 4) is 0 Å². The first-order valence-electron chi connectivity index (χ1n) is 13.6. The van der Waals surface area contributed by atoms with E-state index in [1.54, 1.807) is 26.8 Å². The Morgan fingerprint density at radius 1 is 0.905 bits per heavy atom. The number of hydrogen-bond donors (Lipinski definition) is 2. The molecular formula is C29H34N8O4S. The van der Waals surface area contributed by atoms with Gasteiger partial charge in [0, 0.05) is 12.6 Å². The van der Waals surface area contributed by atoms with E-state index in [0.29, 0.717) is 23.1 Å². The van der Waals surface area contributed by atoms with E-state index in [9.17, 15) is 14.4 Å². The van der Waals surface area contributed by atoms with Crippen LogP contribution in [0.25, 0.3) is 0 Å². The van der Waals surface area contributed by atoms with Gasteiger partial charge in [0.05, 0.1) is 24.2 Å². The van der Waals surface area contributed by atoms with E-state index in [4.69, 9.17) is 4.74 Å². The van der Waals surface area contributed by atoms with Gasteiger partial charge in [0.25, 0.3) is 0 Å². The van der Waals surface area contributed by atoms with Gasteiger partial charge in [-0.1, -0.05) is 41.2 Å². The monoisotopic (exact) mass is 590 g/mol. The Labute approximate surface area is 248 Å². The summed E-state index contributed by atoms with van der Waals surface area (Å²) >= 11 is 1.32. The Morgan fingerprint density at radius 2 is 1.69 bits per heavy atom. The molecule has 0 aliphatic rings. The molecule has 220 valence electrons. The number of imidazole rings is 1. The Bertz CT molecular complexity index is 1520. The molecule has 0 saturated heterocycles. The van der Waals surface area contributed by atoms with Crippen molar-refractivity contribution in [2.75, 3.05) is 10.6 Å². The van der Waals surface area contributed by atoms with Crippen molar-refractivity contribution in [2.24, 2.45) is 0 Å². The molecule has 0 fully saturated rings. The number of nitrogens with one attached hydrogen (secondary N) is 2. The first kappa shape index (κ1) is 30.4. The molecule has 13 heteroatoms. The number of rotatable bonds is 11. The quantitative estimate of drug-likeness (QED) is 0.240. The summed E-state index contributed by atoms with van der Waals surface area (Å²) in [5, 5.41) is 23.3. The molecule has 0 atom stereocenters. The molecule has 42 heavy (non-hydrogen) atoms. The van der Waals surface area contributed by atoms with Crippen LogP contribution in [0.5, 0.6) is 0 Å². The van der Waals surface area contributed by atoms with Crippen molar-refractivity contribution in [3.05, 3.63) is 76.4 Å². The number of nitrogens with zero attached hydrogens (tertiary/aromatic N) is 6. The van der Waals surface area contributed by atoms with Crippen molar-refractivity contribution in [2.45, 2.75) is 71.8 Å². The first-order valence-corrected chi connectivity index (χ1v) is 14.4. The molecule has 0 unspecified atom stereocenters. The standard InChI is InChI=1S/C29H34N8O4S/c1-19-8-7-9-20(14-19)15-24(38)31-23-13-12-21(33-34-23)10-5-6-11-26-35-36-27(42-26)32-25(39)16-22-17-37(18-30-22)28(40)41-29(2,3)4/h7-9,12-14,17-18H,5-6,10-11,15-16H2,1-4H3,(H,31,34,38)(H,32,36,39). The maximum absolute atomic E-state index is 12.4. The number of benzene rings is 1. The van der Waals surface area contributed by atoms with Crippen LogP contribution in [0.1, 0.15) is 61.1 Å². The molecule has 3 heterocycles. The van der Waals surface area contributed by atoms with Gasteiger partial charge < -0.3 is 15.4 Å². The number of carbonyl (C=O) groups excluding carboxylic acids is 3. The van der Waals surface area contributed by atoms with Gasteiger partial charge in [0.2, 0.25) is 16.9 Å². The minimum atomic E-state index is -0.628. The van der Waals surface area contributed by atoms with Crippen LogP contribution in [0.4, 0.5) is 15.7 Å². The van der Waals surface area contributed by atoms with Crippen LogP contribution in [-0.2, 0) is 40.0 Å². The Hall–Kier alpha value is -4.52. The minimum Gasteiger partial charge on any atom is -0.443 e. The van der Waals surface area contributed by atoms with E-state index in [1.807, 2.05) is 37.3 Å². The summed E-state index contributed by atoms with van der Waals surface area (Å²) in [6.07, 6.45) is 5.70. The fourth-order valence-corrected chi connectivity index (χ4v) is 4.74. The summed E-state index contributed by atoms with van der Waals surface area (Å²) in [6.45, 7) is 7.32. The number of hydrogen-bond acceptors (Lipinski definition) is 10. The van der Waals surface area contributed by atoms with Crippen molar-refractivity contribution in [3.63, 3.8) is 0 Å². The number of anilines is 2. The van der Waals surface area contributed by atoms with Crippen LogP contribution in [-0.4, -0.2) is 53.5 Å². The number of ether oxygens (including phenoxy) is 1. The summed E-state index contributed by atoms with van der Waals surface area (Å²) in [4.78, 5) is 40.9. The lowest BCUT2D eigenvalue weighted by Gasteiger charge is -2.19. The van der Waals surface area contributed by atoms with E-state index in [1.165, 1.54) is 28.4 Å². The molecule has 12 nitrogen and oxygen atoms in total. The number of amides is 2. The average Bonchev–Trinajstić information content (AvgIpc) is 3.56. The Kier molecular flexibility index (Phi) is 10.1. The normalized spacial score (nSPS) is 11.2. The van der Waals surface area contributed by atoms with E-state index in [2.05, 4.69) is 36.0 Å². The van der Waals surface area contributed by atoms with Crippen LogP contribution in [0.3, 0.4) is 0 Å². The minimum absolute atomic E-state index is 0.0130. The lowest BCUT2D eigenvalue weighted by atomic mass is 10.1. The largest absolute Gasteiger partial charge is 0.443 e. The van der Waals surface area contributed by atoms with Crippen molar-refractivity contribution in [1.29, 1.82) is 0 Å². The SMILES string of the molecule is Cc1cccc(CC(=O)Nc2ccc(CCCCc3nnc(NC(=O)Cc4cn(C(=O)OC(C)(C)C)cn4)s3)nn2)c1. The topological polar surface area (TPSA) is 154 Å². The van der Waals surface area contributed by atoms with Crippen molar-refractivity contribution < 1.29 is 19.1 Å². The average molecular weight is 591 g/mol. The molecular weight excluding hydrogens is 556 g/mol. The third-order valence-corrected chi connectivity index (χ3v) is 6.70. The van der Waals surface area contributed by atoms with Gasteiger partial charge in [-0.15, -0.1) is 15.3 Å². The van der Waals surface area contributed by atoms with Gasteiger partial charge in [-0.3, -0.25) is 9.59 Å². The molecule has 0 bridgehead atoms. The zero-order chi connectivity index (χ0) is 30.1. The third-order valence-electron chi connectivity index (χ3n) is 5.80. The van der Waals surface area contributed by atoms with Crippen LogP contribution in [0.15, 0.2) is 48.9 Å². The van der Waals surface area contributed by atoms with Gasteiger partial charge in [-0.2, -0.15) is 5.10 Å². The Balaban J connectivity index is 1.15. The molecule has 2 N–H and O–H groups in total. The summed E-state index contributed by atoms with van der Waals surface area (Å²) in [5.74, 6) is -0.0130. The van der Waals surface area contributed by atoms with Crippen LogP contribution < -0.4 is 10.6 Å². The van der Waals surface area contributed by atoms with Crippen molar-refractivity contribution in [1.82, 2.24) is 29.9 Å². The number of aromatic nitrogens is 6. The van der Waals surface area contributed by atoms with Crippen LogP contribution in [0, 0.1) is 6.92 Å². The van der Waals surface area contributed by atoms with E-state index in [-0.39, 0.29) is 24.7 Å². The second-order valence-corrected chi connectivity index (χ2v) is 11.9. The van der Waals surface area contributed by atoms with Gasteiger partial charge in [-0.05, 0) is 64.7 Å². The highest BCUT2D eigenvalue weighted by molar-refractivity contribution is 7.15. The number of carbonyl (C=O) groups is 3. The number of aryl methyl sites for hydroxylation is 3. The van der Waals surface area contributed by atoms with E-state index < -0.39 is 11.7 Å².